The maximum absolute atomic E-state index is 12.9. The third-order valence-corrected chi connectivity index (χ3v) is 5.27. The Labute approximate surface area is 162 Å². The van der Waals surface area contributed by atoms with Gasteiger partial charge in [-0.25, -0.2) is 4.79 Å². The standard InChI is InChI=1S/C19H23IN2O3/c1-3-21(4-2)19(25)22(20)18(24)16-13-9-8-12-15(16)17(23)14-10-6-5-7-11-14/h5-7,10-11H,3-4,8-9,12-13H2,1-2H3. The van der Waals surface area contributed by atoms with Gasteiger partial charge in [0, 0.05) is 29.8 Å². The van der Waals surface area contributed by atoms with E-state index in [1.165, 1.54) is 0 Å². The molecular weight excluding hydrogens is 431 g/mol. The first-order chi connectivity index (χ1) is 12.0. The molecule has 0 fully saturated rings. The fourth-order valence-corrected chi connectivity index (χ4v) is 3.58. The summed E-state index contributed by atoms with van der Waals surface area (Å²) in [7, 11) is 0. The van der Waals surface area contributed by atoms with Crippen LogP contribution in [0.4, 0.5) is 4.79 Å². The number of rotatable bonds is 5. The van der Waals surface area contributed by atoms with Crippen LogP contribution in [0.2, 0.25) is 0 Å². The first kappa shape index (κ1) is 19.6. The van der Waals surface area contributed by atoms with Crippen LogP contribution >= 0.6 is 22.9 Å². The first-order valence-corrected chi connectivity index (χ1v) is 9.58. The third-order valence-electron chi connectivity index (χ3n) is 4.42. The van der Waals surface area contributed by atoms with Crippen LogP contribution in [0, 0.1) is 0 Å². The summed E-state index contributed by atoms with van der Waals surface area (Å²) in [6.07, 6.45) is 2.86. The van der Waals surface area contributed by atoms with Gasteiger partial charge in [-0.1, -0.05) is 30.3 Å². The number of urea groups is 1. The van der Waals surface area contributed by atoms with Crippen LogP contribution < -0.4 is 0 Å². The van der Waals surface area contributed by atoms with E-state index in [4.69, 9.17) is 0 Å². The smallest absolute Gasteiger partial charge is 0.324 e. The molecule has 1 aliphatic carbocycles. The van der Waals surface area contributed by atoms with E-state index in [1.807, 2.05) is 32.0 Å². The predicted octanol–water partition coefficient (Wildman–Crippen LogP) is 4.38. The van der Waals surface area contributed by atoms with Crippen LogP contribution in [-0.4, -0.2) is 38.8 Å². The molecule has 1 aliphatic rings. The number of allylic oxidation sites excluding steroid dienone is 1. The number of halogens is 1. The molecule has 0 heterocycles. The van der Waals surface area contributed by atoms with Crippen molar-refractivity contribution in [3.05, 3.63) is 47.0 Å². The van der Waals surface area contributed by atoms with Crippen LogP contribution in [0.25, 0.3) is 0 Å². The van der Waals surface area contributed by atoms with Crippen molar-refractivity contribution in [3.8, 4) is 0 Å². The Kier molecular flexibility index (Phi) is 7.16. The number of nitrogens with zero attached hydrogens (tertiary/aromatic N) is 2. The van der Waals surface area contributed by atoms with Gasteiger partial charge in [0.1, 0.15) is 0 Å². The fourth-order valence-electron chi connectivity index (χ4n) is 2.98. The Morgan fingerprint density at radius 1 is 0.960 bits per heavy atom. The van der Waals surface area contributed by atoms with E-state index in [1.54, 1.807) is 39.9 Å². The molecule has 5 nitrogen and oxygen atoms in total. The lowest BCUT2D eigenvalue weighted by Gasteiger charge is -2.26. The molecule has 1 aromatic rings. The van der Waals surface area contributed by atoms with E-state index in [2.05, 4.69) is 0 Å². The largest absolute Gasteiger partial charge is 0.336 e. The van der Waals surface area contributed by atoms with Crippen molar-refractivity contribution in [2.75, 3.05) is 13.1 Å². The number of hydrogen-bond acceptors (Lipinski definition) is 3. The van der Waals surface area contributed by atoms with Crippen molar-refractivity contribution in [2.45, 2.75) is 39.5 Å². The number of amides is 3. The molecule has 0 unspecified atom stereocenters. The van der Waals surface area contributed by atoms with Gasteiger partial charge in [-0.2, -0.15) is 3.11 Å². The summed E-state index contributed by atoms with van der Waals surface area (Å²) in [5.74, 6) is -0.472. The lowest BCUT2D eigenvalue weighted by atomic mass is 9.86. The Morgan fingerprint density at radius 2 is 1.52 bits per heavy atom. The zero-order valence-corrected chi connectivity index (χ0v) is 16.8. The molecule has 0 saturated heterocycles. The second-order valence-corrected chi connectivity index (χ2v) is 6.87. The first-order valence-electron chi connectivity index (χ1n) is 8.62. The number of benzene rings is 1. The van der Waals surface area contributed by atoms with Gasteiger partial charge in [-0.05, 0) is 39.5 Å². The average Bonchev–Trinajstić information content (AvgIpc) is 2.67. The number of hydrogen-bond donors (Lipinski definition) is 0. The van der Waals surface area contributed by atoms with E-state index < -0.39 is 0 Å². The van der Waals surface area contributed by atoms with Gasteiger partial charge in [0.15, 0.2) is 5.78 Å². The second-order valence-electron chi connectivity index (χ2n) is 5.90. The summed E-state index contributed by atoms with van der Waals surface area (Å²) in [5, 5.41) is 0. The summed E-state index contributed by atoms with van der Waals surface area (Å²) < 4.78 is 1.11. The molecule has 1 aromatic carbocycles. The van der Waals surface area contributed by atoms with E-state index in [-0.39, 0.29) is 17.7 Å². The lowest BCUT2D eigenvalue weighted by molar-refractivity contribution is -0.120. The molecule has 134 valence electrons. The van der Waals surface area contributed by atoms with E-state index in [9.17, 15) is 14.4 Å². The zero-order valence-electron chi connectivity index (χ0n) is 14.6. The average molecular weight is 454 g/mol. The summed E-state index contributed by atoms with van der Waals surface area (Å²) >= 11 is 1.75. The molecule has 0 saturated carbocycles. The van der Waals surface area contributed by atoms with Crippen molar-refractivity contribution in [1.29, 1.82) is 0 Å². The highest BCUT2D eigenvalue weighted by molar-refractivity contribution is 14.1. The highest BCUT2D eigenvalue weighted by Gasteiger charge is 2.31. The number of carbonyl (C=O) groups is 3. The minimum absolute atomic E-state index is 0.108. The Hall–Kier alpha value is -1.70. The van der Waals surface area contributed by atoms with Crippen LogP contribution in [-0.2, 0) is 4.79 Å². The number of imide groups is 1. The summed E-state index contributed by atoms with van der Waals surface area (Å²) in [5.41, 5.74) is 1.62. The molecule has 0 atom stereocenters. The van der Waals surface area contributed by atoms with E-state index >= 15 is 0 Å². The normalized spacial score (nSPS) is 14.2. The monoisotopic (exact) mass is 454 g/mol. The van der Waals surface area contributed by atoms with Crippen LogP contribution in [0.5, 0.6) is 0 Å². The SMILES string of the molecule is CCN(CC)C(=O)N(I)C(=O)C1=C(C(=O)c2ccccc2)CCCC1. The zero-order chi connectivity index (χ0) is 18.4. The fraction of sp³-hybridized carbons (Fsp3) is 0.421. The van der Waals surface area contributed by atoms with Crippen LogP contribution in [0.15, 0.2) is 41.5 Å². The molecule has 6 heteroatoms. The Bertz CT molecular complexity index is 681. The van der Waals surface area contributed by atoms with Crippen molar-refractivity contribution in [2.24, 2.45) is 0 Å². The topological polar surface area (TPSA) is 57.7 Å². The number of Topliss-reactive ketones (excluding diaryl/α,β-unsaturated/α-hetero) is 1. The van der Waals surface area contributed by atoms with E-state index in [0.29, 0.717) is 42.6 Å². The highest BCUT2D eigenvalue weighted by atomic mass is 127. The van der Waals surface area contributed by atoms with Crippen molar-refractivity contribution in [3.63, 3.8) is 0 Å². The maximum Gasteiger partial charge on any atom is 0.336 e. The molecule has 0 aliphatic heterocycles. The predicted molar refractivity (Wildman–Crippen MR) is 105 cm³/mol. The summed E-state index contributed by atoms with van der Waals surface area (Å²) in [4.78, 5) is 39.8. The molecule has 0 aromatic heterocycles. The molecule has 3 amide bonds. The second kappa shape index (κ2) is 9.12. The molecular formula is C19H23IN2O3. The highest BCUT2D eigenvalue weighted by Crippen LogP contribution is 2.30. The molecule has 0 spiro atoms. The van der Waals surface area contributed by atoms with Gasteiger partial charge in [-0.15, -0.1) is 0 Å². The third kappa shape index (κ3) is 4.48. The van der Waals surface area contributed by atoms with Gasteiger partial charge in [0.25, 0.3) is 5.91 Å². The Balaban J connectivity index is 2.32. The van der Waals surface area contributed by atoms with Gasteiger partial charge in [0.05, 0.1) is 22.9 Å². The lowest BCUT2D eigenvalue weighted by Crippen LogP contribution is -2.41. The number of ketones is 1. The molecule has 0 N–H and O–H groups in total. The molecule has 25 heavy (non-hydrogen) atoms. The van der Waals surface area contributed by atoms with Crippen molar-refractivity contribution in [1.82, 2.24) is 8.01 Å². The Morgan fingerprint density at radius 3 is 2.08 bits per heavy atom. The van der Waals surface area contributed by atoms with Crippen molar-refractivity contribution < 1.29 is 14.4 Å². The van der Waals surface area contributed by atoms with Crippen molar-refractivity contribution >= 4 is 40.6 Å². The van der Waals surface area contributed by atoms with E-state index in [0.717, 1.165) is 16.0 Å². The quantitative estimate of drug-likeness (QED) is 0.377. The summed E-state index contributed by atoms with van der Waals surface area (Å²) in [6, 6.07) is 8.66. The van der Waals surface area contributed by atoms with Gasteiger partial charge < -0.3 is 4.90 Å². The van der Waals surface area contributed by atoms with Gasteiger partial charge in [0.2, 0.25) is 0 Å². The molecule has 2 rings (SSSR count). The maximum atomic E-state index is 12.9. The van der Waals surface area contributed by atoms with Gasteiger partial charge in [-0.3, -0.25) is 9.59 Å². The minimum Gasteiger partial charge on any atom is -0.324 e. The van der Waals surface area contributed by atoms with Gasteiger partial charge >= 0.3 is 6.03 Å². The van der Waals surface area contributed by atoms with Crippen LogP contribution in [0.1, 0.15) is 49.9 Å². The molecule has 0 bridgehead atoms. The minimum atomic E-state index is -0.364. The van der Waals surface area contributed by atoms with Crippen LogP contribution in [0.3, 0.4) is 0 Å². The number of carbonyl (C=O) groups excluding carboxylic acids is 3. The summed E-state index contributed by atoms with van der Waals surface area (Å²) in [6.45, 7) is 4.83. The molecule has 0 radical (unpaired) electrons.